The Labute approximate surface area is 54.6 Å². The first-order valence-corrected chi connectivity index (χ1v) is 3.92. The molecule has 6 heavy (non-hydrogen) atoms. The first-order valence-electron chi connectivity index (χ1n) is 2.09. The maximum atomic E-state index is 3.48. The van der Waals surface area contributed by atoms with Gasteiger partial charge in [-0.15, -0.1) is 0 Å². The molecular weight excluding hydrogens is 208 g/mol. The summed E-state index contributed by atoms with van der Waals surface area (Å²) < 4.78 is 0. The zero-order valence-electron chi connectivity index (χ0n) is 3.32. The summed E-state index contributed by atoms with van der Waals surface area (Å²) in [6.45, 7) is 0. The molecule has 0 amide bonds. The lowest BCUT2D eigenvalue weighted by molar-refractivity contribution is 0.557. The first-order chi connectivity index (χ1) is 2.80. The molecule has 36 valence electrons. The lowest BCUT2D eigenvalue weighted by Crippen LogP contribution is -2.25. The van der Waals surface area contributed by atoms with Crippen molar-refractivity contribution in [2.24, 2.45) is 0 Å². The maximum Gasteiger partial charge on any atom is 0.0271 e. The van der Waals surface area contributed by atoms with Gasteiger partial charge in [-0.2, -0.15) is 0 Å². The summed E-state index contributed by atoms with van der Waals surface area (Å²) in [5.41, 5.74) is 0. The van der Waals surface area contributed by atoms with Crippen LogP contribution in [-0.4, -0.2) is 9.65 Å². The van der Waals surface area contributed by atoms with E-state index in [-0.39, 0.29) is 0 Å². The van der Waals surface area contributed by atoms with Gasteiger partial charge < -0.3 is 0 Å². The van der Waals surface area contributed by atoms with Crippen molar-refractivity contribution < 1.29 is 0 Å². The van der Waals surface area contributed by atoms with Crippen LogP contribution in [0.3, 0.4) is 0 Å². The molecule has 0 aromatic rings. The molecule has 1 rings (SSSR count). The van der Waals surface area contributed by atoms with Crippen molar-refractivity contribution in [3.63, 3.8) is 0 Å². The second-order valence-corrected chi connectivity index (χ2v) is 3.96. The molecule has 0 unspecified atom stereocenters. The van der Waals surface area contributed by atoms with Crippen molar-refractivity contribution in [1.82, 2.24) is 0 Å². The van der Waals surface area contributed by atoms with E-state index in [2.05, 4.69) is 31.9 Å². The Hall–Kier alpha value is 0.960. The molecule has 0 aromatic heterocycles. The number of halogens is 2. The second kappa shape index (κ2) is 1.83. The quantitative estimate of drug-likeness (QED) is 0.542. The first kappa shape index (κ1) is 5.10. The average molecular weight is 214 g/mol. The van der Waals surface area contributed by atoms with Crippen LogP contribution >= 0.6 is 31.9 Å². The van der Waals surface area contributed by atoms with Gasteiger partial charge in [0.2, 0.25) is 0 Å². The number of hydrogen-bond donors (Lipinski definition) is 0. The van der Waals surface area contributed by atoms with Crippen LogP contribution in [-0.2, 0) is 0 Å². The fraction of sp³-hybridized carbons (Fsp3) is 1.00. The Kier molecular flexibility index (Phi) is 1.55. The van der Waals surface area contributed by atoms with Gasteiger partial charge in [0.15, 0.2) is 0 Å². The fourth-order valence-corrected chi connectivity index (χ4v) is 1.48. The molecule has 0 spiro atoms. The van der Waals surface area contributed by atoms with Gasteiger partial charge in [0, 0.05) is 9.65 Å². The zero-order valence-corrected chi connectivity index (χ0v) is 6.50. The molecular formula is C4H6Br2. The van der Waals surface area contributed by atoms with Gasteiger partial charge in [0.25, 0.3) is 0 Å². The summed E-state index contributed by atoms with van der Waals surface area (Å²) >= 11 is 6.96. The molecule has 0 saturated heterocycles. The van der Waals surface area contributed by atoms with Crippen LogP contribution in [0.25, 0.3) is 0 Å². The smallest absolute Gasteiger partial charge is 0.0271 e. The van der Waals surface area contributed by atoms with E-state index in [4.69, 9.17) is 0 Å². The summed E-state index contributed by atoms with van der Waals surface area (Å²) in [6, 6.07) is 0. The number of alkyl halides is 2. The van der Waals surface area contributed by atoms with Crippen LogP contribution in [0.2, 0.25) is 0 Å². The van der Waals surface area contributed by atoms with Crippen LogP contribution in [0.15, 0.2) is 0 Å². The van der Waals surface area contributed by atoms with E-state index >= 15 is 0 Å². The highest BCUT2D eigenvalue weighted by Gasteiger charge is 2.24. The van der Waals surface area contributed by atoms with Crippen molar-refractivity contribution in [3.8, 4) is 0 Å². The molecule has 2 heteroatoms. The standard InChI is InChI=1S/C4H6Br2/c5-3-1-2-4(3)6/h3-4H,1-2H2/t3-,4-/m1/s1. The molecule has 0 nitrogen and oxygen atoms in total. The Morgan fingerprint density at radius 3 is 1.33 bits per heavy atom. The lowest BCUT2D eigenvalue weighted by Gasteiger charge is -2.25. The summed E-state index contributed by atoms with van der Waals surface area (Å²) in [5.74, 6) is 0. The predicted octanol–water partition coefficient (Wildman–Crippen LogP) is 2.31. The normalized spacial score (nSPS) is 45.0. The van der Waals surface area contributed by atoms with Crippen molar-refractivity contribution in [2.45, 2.75) is 22.5 Å². The minimum absolute atomic E-state index is 0.762. The highest BCUT2D eigenvalue weighted by atomic mass is 79.9. The average Bonchev–Trinajstić information content (AvgIpc) is 1.61. The number of rotatable bonds is 0. The van der Waals surface area contributed by atoms with Crippen molar-refractivity contribution in [3.05, 3.63) is 0 Å². The molecule has 0 bridgehead atoms. The van der Waals surface area contributed by atoms with E-state index in [0.29, 0.717) is 0 Å². The van der Waals surface area contributed by atoms with Gasteiger partial charge in [-0.3, -0.25) is 0 Å². The van der Waals surface area contributed by atoms with E-state index in [1.54, 1.807) is 0 Å². The predicted molar refractivity (Wildman–Crippen MR) is 34.7 cm³/mol. The topological polar surface area (TPSA) is 0 Å². The van der Waals surface area contributed by atoms with Crippen LogP contribution in [0.1, 0.15) is 12.8 Å². The highest BCUT2D eigenvalue weighted by molar-refractivity contribution is 9.12. The van der Waals surface area contributed by atoms with Gasteiger partial charge in [0.05, 0.1) is 0 Å². The molecule has 1 aliphatic rings. The Balaban J connectivity index is 2.20. The molecule has 0 aliphatic heterocycles. The minimum Gasteiger partial charge on any atom is -0.0879 e. The van der Waals surface area contributed by atoms with E-state index in [0.717, 1.165) is 9.65 Å². The Morgan fingerprint density at radius 1 is 1.00 bits per heavy atom. The highest BCUT2D eigenvalue weighted by Crippen LogP contribution is 2.32. The van der Waals surface area contributed by atoms with E-state index in [1.807, 2.05) is 0 Å². The Bertz CT molecular complexity index is 45.5. The van der Waals surface area contributed by atoms with Gasteiger partial charge in [0.1, 0.15) is 0 Å². The van der Waals surface area contributed by atoms with Crippen molar-refractivity contribution >= 4 is 31.9 Å². The molecule has 0 aromatic carbocycles. The third-order valence-corrected chi connectivity index (χ3v) is 4.01. The summed E-state index contributed by atoms with van der Waals surface area (Å²) in [7, 11) is 0. The molecule has 1 fully saturated rings. The molecule has 1 saturated carbocycles. The summed E-state index contributed by atoms with van der Waals surface area (Å²) in [4.78, 5) is 1.52. The van der Waals surface area contributed by atoms with Gasteiger partial charge in [-0.25, -0.2) is 0 Å². The maximum absolute atomic E-state index is 3.48. The monoisotopic (exact) mass is 212 g/mol. The van der Waals surface area contributed by atoms with Crippen molar-refractivity contribution in [2.75, 3.05) is 0 Å². The third kappa shape index (κ3) is 0.784. The largest absolute Gasteiger partial charge is 0.0879 e. The van der Waals surface area contributed by atoms with Gasteiger partial charge in [-0.05, 0) is 12.8 Å². The van der Waals surface area contributed by atoms with E-state index in [1.165, 1.54) is 12.8 Å². The SMILES string of the molecule is Br[C@@H]1CC[C@H]1Br. The van der Waals surface area contributed by atoms with E-state index < -0.39 is 0 Å². The van der Waals surface area contributed by atoms with Gasteiger partial charge >= 0.3 is 0 Å². The van der Waals surface area contributed by atoms with Crippen molar-refractivity contribution in [1.29, 1.82) is 0 Å². The molecule has 0 heterocycles. The van der Waals surface area contributed by atoms with E-state index in [9.17, 15) is 0 Å². The van der Waals surface area contributed by atoms with Crippen LogP contribution in [0.4, 0.5) is 0 Å². The lowest BCUT2D eigenvalue weighted by atomic mass is 10.0. The Morgan fingerprint density at radius 2 is 1.33 bits per heavy atom. The second-order valence-electron chi connectivity index (χ2n) is 1.61. The van der Waals surface area contributed by atoms with Crippen LogP contribution < -0.4 is 0 Å². The molecule has 2 atom stereocenters. The third-order valence-electron chi connectivity index (χ3n) is 1.11. The molecule has 0 radical (unpaired) electrons. The summed E-state index contributed by atoms with van der Waals surface area (Å²) in [6.07, 6.45) is 2.69. The summed E-state index contributed by atoms with van der Waals surface area (Å²) in [5, 5.41) is 0. The molecule has 0 N–H and O–H groups in total. The van der Waals surface area contributed by atoms with Crippen LogP contribution in [0.5, 0.6) is 0 Å². The molecule has 1 aliphatic carbocycles. The minimum atomic E-state index is 0.762. The van der Waals surface area contributed by atoms with Crippen LogP contribution in [0, 0.1) is 0 Å². The van der Waals surface area contributed by atoms with Gasteiger partial charge in [-0.1, -0.05) is 31.9 Å². The number of hydrogen-bond acceptors (Lipinski definition) is 0. The zero-order chi connectivity index (χ0) is 4.57. The fourth-order valence-electron chi connectivity index (χ4n) is 0.419.